The van der Waals surface area contributed by atoms with E-state index in [2.05, 4.69) is 15.9 Å². The van der Waals surface area contributed by atoms with Crippen LogP contribution in [-0.4, -0.2) is 5.11 Å². The van der Waals surface area contributed by atoms with Crippen LogP contribution in [0.15, 0.2) is 28.1 Å². The largest absolute Gasteiger partial charge is 0.382 e. The summed E-state index contributed by atoms with van der Waals surface area (Å²) in [5.41, 5.74) is 0. The molecule has 1 N–H and O–H groups in total. The topological polar surface area (TPSA) is 20.2 Å². The van der Waals surface area contributed by atoms with Gasteiger partial charge in [-0.2, -0.15) is 0 Å². The first-order valence-electron chi connectivity index (χ1n) is 4.16. The second-order valence-corrected chi connectivity index (χ2v) is 6.11. The summed E-state index contributed by atoms with van der Waals surface area (Å²) in [6.45, 7) is 2.05. The average Bonchev–Trinajstić information content (AvgIpc) is 2.73. The minimum absolute atomic E-state index is 0.483. The van der Waals surface area contributed by atoms with Crippen LogP contribution in [0.5, 0.6) is 0 Å². The Morgan fingerprint density at radius 2 is 2.14 bits per heavy atom. The third kappa shape index (κ3) is 1.93. The second kappa shape index (κ2) is 4.14. The van der Waals surface area contributed by atoms with Crippen molar-refractivity contribution in [3.05, 3.63) is 42.7 Å². The summed E-state index contributed by atoms with van der Waals surface area (Å²) >= 11 is 6.64. The molecule has 0 aliphatic rings. The molecule has 0 saturated carbocycles. The zero-order chi connectivity index (χ0) is 10.1. The highest BCUT2D eigenvalue weighted by Crippen LogP contribution is 2.35. The van der Waals surface area contributed by atoms with Gasteiger partial charge in [0.15, 0.2) is 0 Å². The van der Waals surface area contributed by atoms with E-state index in [1.807, 2.05) is 30.5 Å². The third-order valence-electron chi connectivity index (χ3n) is 1.92. The molecule has 0 aliphatic heterocycles. The molecule has 2 heterocycles. The number of halogens is 1. The Morgan fingerprint density at radius 1 is 1.36 bits per heavy atom. The van der Waals surface area contributed by atoms with Crippen LogP contribution >= 0.6 is 38.6 Å². The van der Waals surface area contributed by atoms with E-state index in [1.165, 1.54) is 4.88 Å². The van der Waals surface area contributed by atoms with Gasteiger partial charge in [-0.25, -0.2) is 0 Å². The Morgan fingerprint density at radius 3 is 2.64 bits per heavy atom. The molecule has 1 nitrogen and oxygen atoms in total. The highest BCUT2D eigenvalue weighted by atomic mass is 79.9. The molecule has 0 amide bonds. The van der Waals surface area contributed by atoms with Crippen LogP contribution in [0, 0.1) is 6.92 Å². The van der Waals surface area contributed by atoms with Gasteiger partial charge in [0, 0.05) is 14.2 Å². The van der Waals surface area contributed by atoms with Gasteiger partial charge in [-0.1, -0.05) is 0 Å². The molecular weight excluding hydrogens is 280 g/mol. The van der Waals surface area contributed by atoms with E-state index in [4.69, 9.17) is 0 Å². The van der Waals surface area contributed by atoms with E-state index in [0.29, 0.717) is 0 Å². The fourth-order valence-electron chi connectivity index (χ4n) is 1.23. The van der Waals surface area contributed by atoms with Crippen molar-refractivity contribution < 1.29 is 5.11 Å². The minimum Gasteiger partial charge on any atom is -0.382 e. The smallest absolute Gasteiger partial charge is 0.123 e. The summed E-state index contributed by atoms with van der Waals surface area (Å²) in [6, 6.07) is 5.98. The molecule has 4 heteroatoms. The number of rotatable bonds is 2. The SMILES string of the molecule is Cc1ccc([C@@H](O)c2sccc2Br)s1. The van der Waals surface area contributed by atoms with E-state index >= 15 is 0 Å². The fraction of sp³-hybridized carbons (Fsp3) is 0.200. The van der Waals surface area contributed by atoms with Gasteiger partial charge in [0.05, 0.1) is 4.88 Å². The number of aryl methyl sites for hydroxylation is 1. The van der Waals surface area contributed by atoms with Crippen molar-refractivity contribution in [1.29, 1.82) is 0 Å². The minimum atomic E-state index is -0.483. The standard InChI is InChI=1S/C10H9BrOS2/c1-6-2-3-8(14-6)9(12)10-7(11)4-5-13-10/h2-5,9,12H,1H3/t9-/m1/s1. The van der Waals surface area contributed by atoms with Crippen molar-refractivity contribution in [2.45, 2.75) is 13.0 Å². The maximum Gasteiger partial charge on any atom is 0.123 e. The maximum atomic E-state index is 10.1. The molecule has 0 unspecified atom stereocenters. The molecule has 0 spiro atoms. The monoisotopic (exact) mass is 288 g/mol. The molecule has 0 bridgehead atoms. The van der Waals surface area contributed by atoms with Gasteiger partial charge in [-0.05, 0) is 46.4 Å². The van der Waals surface area contributed by atoms with Crippen LogP contribution in [0.3, 0.4) is 0 Å². The summed E-state index contributed by atoms with van der Waals surface area (Å²) in [4.78, 5) is 3.21. The molecule has 2 aromatic heterocycles. The third-order valence-corrected chi connectivity index (χ3v) is 4.90. The lowest BCUT2D eigenvalue weighted by Gasteiger charge is -2.06. The molecule has 0 aliphatic carbocycles. The van der Waals surface area contributed by atoms with E-state index in [0.717, 1.165) is 14.2 Å². The van der Waals surface area contributed by atoms with Crippen molar-refractivity contribution in [1.82, 2.24) is 0 Å². The summed E-state index contributed by atoms with van der Waals surface area (Å²) in [7, 11) is 0. The molecule has 14 heavy (non-hydrogen) atoms. The van der Waals surface area contributed by atoms with Crippen LogP contribution < -0.4 is 0 Å². The molecule has 0 aromatic carbocycles. The van der Waals surface area contributed by atoms with Gasteiger partial charge in [0.25, 0.3) is 0 Å². The zero-order valence-corrected chi connectivity index (χ0v) is 10.7. The van der Waals surface area contributed by atoms with Crippen molar-refractivity contribution in [3.63, 3.8) is 0 Å². The fourth-order valence-corrected chi connectivity index (χ4v) is 3.77. The number of hydrogen-bond acceptors (Lipinski definition) is 3. The highest BCUT2D eigenvalue weighted by Gasteiger charge is 2.16. The average molecular weight is 289 g/mol. The van der Waals surface area contributed by atoms with Crippen molar-refractivity contribution in [3.8, 4) is 0 Å². The molecule has 0 saturated heterocycles. The zero-order valence-electron chi connectivity index (χ0n) is 7.53. The summed E-state index contributed by atoms with van der Waals surface area (Å²) in [5.74, 6) is 0. The Bertz CT molecular complexity index is 433. The molecular formula is C10H9BrOS2. The molecule has 2 aromatic rings. The van der Waals surface area contributed by atoms with Gasteiger partial charge < -0.3 is 5.11 Å². The Labute approximate surface area is 99.2 Å². The number of hydrogen-bond donors (Lipinski definition) is 1. The van der Waals surface area contributed by atoms with Gasteiger partial charge in [-0.15, -0.1) is 22.7 Å². The number of aliphatic hydroxyl groups excluding tert-OH is 1. The Balaban J connectivity index is 2.33. The Kier molecular flexibility index (Phi) is 3.07. The molecule has 0 radical (unpaired) electrons. The van der Waals surface area contributed by atoms with Gasteiger partial charge in [0.2, 0.25) is 0 Å². The van der Waals surface area contributed by atoms with Gasteiger partial charge in [0.1, 0.15) is 6.10 Å². The van der Waals surface area contributed by atoms with E-state index in [-0.39, 0.29) is 0 Å². The van der Waals surface area contributed by atoms with E-state index < -0.39 is 6.10 Å². The van der Waals surface area contributed by atoms with Crippen LogP contribution in [0.1, 0.15) is 20.7 Å². The first-order valence-corrected chi connectivity index (χ1v) is 6.64. The van der Waals surface area contributed by atoms with Crippen LogP contribution in [0.4, 0.5) is 0 Å². The predicted octanol–water partition coefficient (Wildman–Crippen LogP) is 3.96. The van der Waals surface area contributed by atoms with Crippen LogP contribution in [-0.2, 0) is 0 Å². The van der Waals surface area contributed by atoms with Gasteiger partial charge >= 0.3 is 0 Å². The van der Waals surface area contributed by atoms with Crippen molar-refractivity contribution in [2.75, 3.05) is 0 Å². The predicted molar refractivity (Wildman–Crippen MR) is 65.1 cm³/mol. The van der Waals surface area contributed by atoms with Crippen LogP contribution in [0.25, 0.3) is 0 Å². The van der Waals surface area contributed by atoms with Crippen LogP contribution in [0.2, 0.25) is 0 Å². The van der Waals surface area contributed by atoms with Gasteiger partial charge in [-0.3, -0.25) is 0 Å². The number of aliphatic hydroxyl groups is 1. The van der Waals surface area contributed by atoms with E-state index in [1.54, 1.807) is 22.7 Å². The maximum absolute atomic E-state index is 10.1. The quantitative estimate of drug-likeness (QED) is 0.887. The lowest BCUT2D eigenvalue weighted by atomic mass is 10.2. The molecule has 74 valence electrons. The highest BCUT2D eigenvalue weighted by molar-refractivity contribution is 9.10. The first kappa shape index (κ1) is 10.4. The lowest BCUT2D eigenvalue weighted by Crippen LogP contribution is -1.93. The molecule has 1 atom stereocenters. The summed E-state index contributed by atoms with van der Waals surface area (Å²) < 4.78 is 0.987. The second-order valence-electron chi connectivity index (χ2n) is 2.98. The Hall–Kier alpha value is -0.160. The number of thiophene rings is 2. The first-order chi connectivity index (χ1) is 6.68. The normalized spacial score (nSPS) is 13.1. The summed E-state index contributed by atoms with van der Waals surface area (Å²) in [6.07, 6.45) is -0.483. The van der Waals surface area contributed by atoms with Crippen molar-refractivity contribution >= 4 is 38.6 Å². The molecule has 2 rings (SSSR count). The van der Waals surface area contributed by atoms with E-state index in [9.17, 15) is 5.11 Å². The summed E-state index contributed by atoms with van der Waals surface area (Å²) in [5, 5.41) is 12.0. The molecule has 0 fully saturated rings. The lowest BCUT2D eigenvalue weighted by molar-refractivity contribution is 0.227. The van der Waals surface area contributed by atoms with Crippen molar-refractivity contribution in [2.24, 2.45) is 0 Å².